The normalized spacial score (nSPS) is 16.0. The Morgan fingerprint density at radius 3 is 1.86 bits per heavy atom. The third kappa shape index (κ3) is 16.3. The van der Waals surface area contributed by atoms with Crippen LogP contribution in [-0.2, 0) is 33.2 Å². The third-order valence-corrected chi connectivity index (χ3v) is 4.95. The molecule has 3 N–H and O–H groups in total. The summed E-state index contributed by atoms with van der Waals surface area (Å²) in [5.74, 6) is -0.773. The monoisotopic (exact) mass is 614 g/mol. The number of amides is 3. The second-order valence-electron chi connectivity index (χ2n) is 13.1. The highest BCUT2D eigenvalue weighted by molar-refractivity contribution is 6.00. The quantitative estimate of drug-likeness (QED) is 0.145. The summed E-state index contributed by atoms with van der Waals surface area (Å²) in [4.78, 5) is 65.3. The third-order valence-electron chi connectivity index (χ3n) is 4.95. The van der Waals surface area contributed by atoms with Gasteiger partial charge >= 0.3 is 30.4 Å². The molecule has 3 amide bonds. The average Bonchev–Trinajstić information content (AvgIpc) is 2.78. The van der Waals surface area contributed by atoms with Gasteiger partial charge in [-0.15, -0.1) is 0 Å². The summed E-state index contributed by atoms with van der Waals surface area (Å²) in [6.45, 7) is 19.7. The van der Waals surface area contributed by atoms with Gasteiger partial charge < -0.3 is 33.7 Å². The smallest absolute Gasteiger partial charge is 0.460 e. The molecule has 0 saturated carbocycles. The number of esters is 1. The van der Waals surface area contributed by atoms with Gasteiger partial charge in [0.15, 0.2) is 0 Å². The van der Waals surface area contributed by atoms with E-state index in [4.69, 9.17) is 28.4 Å². The molecule has 0 aliphatic carbocycles. The van der Waals surface area contributed by atoms with Crippen LogP contribution in [0.15, 0.2) is 17.4 Å². The molecule has 1 saturated heterocycles. The van der Waals surface area contributed by atoms with Crippen molar-refractivity contribution in [3.8, 4) is 0 Å². The van der Waals surface area contributed by atoms with Crippen LogP contribution in [0.3, 0.4) is 0 Å². The number of cyclic esters (lactones) is 2. The highest BCUT2D eigenvalue weighted by Crippen LogP contribution is 2.25. The van der Waals surface area contributed by atoms with Crippen LogP contribution in [0.4, 0.5) is 19.2 Å². The summed E-state index contributed by atoms with van der Waals surface area (Å²) in [5, 5.41) is 7.73. The van der Waals surface area contributed by atoms with Crippen LogP contribution in [0.5, 0.6) is 0 Å². The van der Waals surface area contributed by atoms with Gasteiger partial charge in [0, 0.05) is 6.42 Å². The first kappa shape index (κ1) is 37.0. The van der Waals surface area contributed by atoms with Crippen molar-refractivity contribution in [2.75, 3.05) is 19.8 Å². The summed E-state index contributed by atoms with van der Waals surface area (Å²) in [6.07, 6.45) is -4.44. The fraction of sp³-hybridized carbons (Fsp3) is 0.714. The Kier molecular flexibility index (Phi) is 12.8. The van der Waals surface area contributed by atoms with E-state index in [0.29, 0.717) is 0 Å². The molecule has 1 atom stereocenters. The predicted octanol–water partition coefficient (Wildman–Crippen LogP) is 4.30. The fourth-order valence-electron chi connectivity index (χ4n) is 3.10. The molecular weight excluding hydrogens is 568 g/mol. The molecule has 1 rings (SSSR count). The fourth-order valence-corrected chi connectivity index (χ4v) is 3.10. The molecular formula is C28H46N4O11. The van der Waals surface area contributed by atoms with Crippen molar-refractivity contribution >= 4 is 36.2 Å². The average molecular weight is 615 g/mol. The number of hydrogen-bond donors (Lipinski definition) is 3. The van der Waals surface area contributed by atoms with Crippen molar-refractivity contribution < 1.29 is 52.4 Å². The molecule has 0 aromatic rings. The van der Waals surface area contributed by atoms with E-state index >= 15 is 0 Å². The number of hydrogen-bond acceptors (Lipinski definition) is 12. The zero-order valence-corrected chi connectivity index (χ0v) is 26.8. The van der Waals surface area contributed by atoms with Gasteiger partial charge in [-0.05, 0) is 75.7 Å². The minimum Gasteiger partial charge on any atom is -0.460 e. The van der Waals surface area contributed by atoms with E-state index < -0.39 is 58.7 Å². The van der Waals surface area contributed by atoms with E-state index in [-0.39, 0.29) is 44.3 Å². The highest BCUT2D eigenvalue weighted by Gasteiger charge is 2.43. The highest BCUT2D eigenvalue weighted by atomic mass is 16.7. The summed E-state index contributed by atoms with van der Waals surface area (Å²) in [5.41, 5.74) is -3.71. The maximum atomic E-state index is 13.1. The number of carbonyl (C=O) groups is 5. The zero-order chi connectivity index (χ0) is 33.2. The van der Waals surface area contributed by atoms with E-state index in [9.17, 15) is 24.0 Å². The van der Waals surface area contributed by atoms with Gasteiger partial charge in [0.2, 0.25) is 0 Å². The van der Waals surface area contributed by atoms with Gasteiger partial charge in [-0.25, -0.2) is 19.2 Å². The molecule has 1 heterocycles. The van der Waals surface area contributed by atoms with Crippen molar-refractivity contribution in [2.45, 2.75) is 105 Å². The second kappa shape index (κ2) is 14.9. The number of aliphatic imine (C=N–C) groups is 1. The minimum absolute atomic E-state index is 0.0204. The number of nitrogens with one attached hydrogen (secondary N) is 3. The first-order chi connectivity index (χ1) is 19.5. The molecule has 0 aromatic carbocycles. The first-order valence-electron chi connectivity index (χ1n) is 13.7. The van der Waals surface area contributed by atoms with Crippen LogP contribution in [0.2, 0.25) is 0 Å². The van der Waals surface area contributed by atoms with E-state index in [1.807, 2.05) is 0 Å². The molecule has 1 unspecified atom stereocenters. The van der Waals surface area contributed by atoms with Crippen molar-refractivity contribution in [3.05, 3.63) is 12.4 Å². The summed E-state index contributed by atoms with van der Waals surface area (Å²) >= 11 is 0. The van der Waals surface area contributed by atoms with E-state index in [1.54, 1.807) is 62.3 Å². The first-order valence-corrected chi connectivity index (χ1v) is 13.7. The van der Waals surface area contributed by atoms with Crippen LogP contribution >= 0.6 is 0 Å². The van der Waals surface area contributed by atoms with Gasteiger partial charge in [0.05, 0.1) is 6.54 Å². The van der Waals surface area contributed by atoms with Crippen LogP contribution in [-0.4, -0.2) is 78.9 Å². The summed E-state index contributed by atoms with van der Waals surface area (Å²) in [6, 6.07) is 0. The SMILES string of the molecule is C=C(NCC(CCC(=NC(=O)OC(C)(C)C)NC(=O)OC(C)(C)C)OC(=O)C1(C)COC(=O)OC1)NC(=O)OC(C)(C)C. The number of alkyl carbamates (subject to hydrolysis) is 2. The lowest BCUT2D eigenvalue weighted by atomic mass is 9.92. The lowest BCUT2D eigenvalue weighted by Gasteiger charge is -2.32. The Morgan fingerprint density at radius 2 is 1.37 bits per heavy atom. The zero-order valence-electron chi connectivity index (χ0n) is 26.8. The van der Waals surface area contributed by atoms with E-state index in [2.05, 4.69) is 27.5 Å². The van der Waals surface area contributed by atoms with Crippen LogP contribution in [0.1, 0.15) is 82.1 Å². The lowest BCUT2D eigenvalue weighted by molar-refractivity contribution is -0.171. The Hall–Kier alpha value is -4.04. The Morgan fingerprint density at radius 1 is 0.884 bits per heavy atom. The Balaban J connectivity index is 3.11. The van der Waals surface area contributed by atoms with E-state index in [0.717, 1.165) is 0 Å². The molecule has 15 nitrogen and oxygen atoms in total. The summed E-state index contributed by atoms with van der Waals surface area (Å²) in [7, 11) is 0. The predicted molar refractivity (Wildman–Crippen MR) is 154 cm³/mol. The van der Waals surface area contributed by atoms with Gasteiger partial charge in [0.25, 0.3) is 0 Å². The van der Waals surface area contributed by atoms with Gasteiger partial charge in [-0.2, -0.15) is 4.99 Å². The van der Waals surface area contributed by atoms with Gasteiger partial charge in [-0.3, -0.25) is 15.4 Å². The van der Waals surface area contributed by atoms with Crippen molar-refractivity contribution in [2.24, 2.45) is 10.4 Å². The van der Waals surface area contributed by atoms with Gasteiger partial charge in [0.1, 0.15) is 53.2 Å². The second-order valence-corrected chi connectivity index (χ2v) is 13.1. The Bertz CT molecular complexity index is 1070. The van der Waals surface area contributed by atoms with Crippen molar-refractivity contribution in [1.29, 1.82) is 0 Å². The standard InChI is InChI=1S/C28H46N4O11/c1-17(30-21(34)41-25(2,3)4)29-14-18(40-20(33)28(11)15-38-24(37)39-16-28)12-13-19(31-22(35)42-26(5,6)7)32-23(36)43-27(8,9)10/h18,29H,1,12-16H2,2-11H3,(H,30,34)(H,31,32,35,36). The van der Waals surface area contributed by atoms with Crippen LogP contribution in [0.25, 0.3) is 0 Å². The molecule has 0 spiro atoms. The minimum atomic E-state index is -1.29. The molecule has 1 fully saturated rings. The summed E-state index contributed by atoms with van der Waals surface area (Å²) < 4.78 is 31.1. The largest absolute Gasteiger partial charge is 0.508 e. The maximum Gasteiger partial charge on any atom is 0.508 e. The van der Waals surface area contributed by atoms with Crippen LogP contribution < -0.4 is 16.0 Å². The van der Waals surface area contributed by atoms with Crippen molar-refractivity contribution in [3.63, 3.8) is 0 Å². The molecule has 15 heteroatoms. The number of ether oxygens (including phenoxy) is 6. The number of carbonyl (C=O) groups excluding carboxylic acids is 5. The molecule has 1 aliphatic rings. The topological polar surface area (TPSA) is 189 Å². The number of nitrogens with zero attached hydrogens (tertiary/aromatic N) is 1. The molecule has 0 radical (unpaired) electrons. The molecule has 43 heavy (non-hydrogen) atoms. The Labute approximate surface area is 252 Å². The molecule has 0 bridgehead atoms. The molecule has 1 aliphatic heterocycles. The number of amidine groups is 1. The lowest BCUT2D eigenvalue weighted by Crippen LogP contribution is -2.47. The molecule has 0 aromatic heterocycles. The van der Waals surface area contributed by atoms with Gasteiger partial charge in [-0.1, -0.05) is 6.58 Å². The van der Waals surface area contributed by atoms with Crippen molar-refractivity contribution in [1.82, 2.24) is 16.0 Å². The number of rotatable bonds is 9. The van der Waals surface area contributed by atoms with Crippen LogP contribution in [0, 0.1) is 5.41 Å². The van der Waals surface area contributed by atoms with E-state index in [1.165, 1.54) is 6.92 Å². The maximum absolute atomic E-state index is 13.1. The molecule has 244 valence electrons.